The summed E-state index contributed by atoms with van der Waals surface area (Å²) < 4.78 is 0. The molecule has 0 fully saturated rings. The fourth-order valence-corrected chi connectivity index (χ4v) is 1.07. The molecule has 1 aromatic rings. The van der Waals surface area contributed by atoms with Crippen molar-refractivity contribution in [3.8, 4) is 0 Å². The van der Waals surface area contributed by atoms with Crippen LogP contribution in [0.1, 0.15) is 0 Å². The molecule has 1 rings (SSSR count). The molecule has 0 unspecified atom stereocenters. The molecule has 16 heavy (non-hydrogen) atoms. The van der Waals surface area contributed by atoms with Gasteiger partial charge in [0, 0.05) is 6.08 Å². The van der Waals surface area contributed by atoms with Crippen LogP contribution in [0, 0.1) is 10.1 Å². The molecule has 0 bridgehead atoms. The van der Waals surface area contributed by atoms with Gasteiger partial charge in [-0.15, -0.1) is 5.53 Å². The van der Waals surface area contributed by atoms with Crippen LogP contribution < -0.4 is 5.01 Å². The third kappa shape index (κ3) is 3.69. The number of hydrogen-bond acceptors (Lipinski definition) is 3. The lowest BCUT2D eigenvalue weighted by Gasteiger charge is -2.09. The minimum atomic E-state index is -0.570. The van der Waals surface area contributed by atoms with Crippen LogP contribution in [0.25, 0.3) is 10.4 Å². The summed E-state index contributed by atoms with van der Waals surface area (Å²) in [5.74, 6) is 0. The molecular formula is C9H9N5O2. The first-order chi connectivity index (χ1) is 7.74. The standard InChI is InChI=1S/C9H9N5O2/c10-11-12-13(7-4-8-14(15)16)9-5-2-1-3-6-9/h1-6,8H,7H2. The van der Waals surface area contributed by atoms with Gasteiger partial charge in [0.1, 0.15) is 12.2 Å². The first-order valence-electron chi connectivity index (χ1n) is 4.42. The fourth-order valence-electron chi connectivity index (χ4n) is 1.07. The highest BCUT2D eigenvalue weighted by Crippen LogP contribution is 2.13. The van der Waals surface area contributed by atoms with Gasteiger partial charge >= 0.3 is 0 Å². The molecule has 0 radical (unpaired) electrons. The van der Waals surface area contributed by atoms with Gasteiger partial charge in [0.05, 0.1) is 4.92 Å². The summed E-state index contributed by atoms with van der Waals surface area (Å²) in [4.78, 5) is 12.2. The average molecular weight is 219 g/mol. The van der Waals surface area contributed by atoms with Gasteiger partial charge in [-0.1, -0.05) is 18.2 Å². The predicted octanol–water partition coefficient (Wildman–Crippen LogP) is 2.51. The van der Waals surface area contributed by atoms with Crippen molar-refractivity contribution in [2.45, 2.75) is 0 Å². The molecule has 0 heterocycles. The first kappa shape index (κ1) is 11.5. The molecule has 0 saturated carbocycles. The van der Waals surface area contributed by atoms with Crippen molar-refractivity contribution in [1.82, 2.24) is 0 Å². The predicted molar refractivity (Wildman–Crippen MR) is 59.1 cm³/mol. The Bertz CT molecular complexity index is 425. The molecule has 0 aliphatic heterocycles. The number of rotatable bonds is 5. The number of anilines is 1. The lowest BCUT2D eigenvalue weighted by atomic mass is 10.3. The van der Waals surface area contributed by atoms with E-state index in [0.717, 1.165) is 6.20 Å². The van der Waals surface area contributed by atoms with Crippen molar-refractivity contribution in [3.05, 3.63) is 63.2 Å². The van der Waals surface area contributed by atoms with Crippen molar-refractivity contribution < 1.29 is 4.92 Å². The van der Waals surface area contributed by atoms with Gasteiger partial charge in [-0.05, 0) is 17.4 Å². The van der Waals surface area contributed by atoms with E-state index in [9.17, 15) is 10.1 Å². The Morgan fingerprint density at radius 2 is 2.19 bits per heavy atom. The van der Waals surface area contributed by atoms with Crippen LogP contribution in [0.15, 0.2) is 47.8 Å². The summed E-state index contributed by atoms with van der Waals surface area (Å²) in [6.07, 6.45) is 2.12. The van der Waals surface area contributed by atoms with E-state index in [2.05, 4.69) is 10.1 Å². The van der Waals surface area contributed by atoms with E-state index in [1.807, 2.05) is 6.07 Å². The molecular weight excluding hydrogens is 210 g/mol. The molecule has 0 aromatic heterocycles. The molecule has 0 atom stereocenters. The average Bonchev–Trinajstić information content (AvgIpc) is 2.29. The maximum atomic E-state index is 10.1. The molecule has 0 spiro atoms. The molecule has 0 aliphatic carbocycles. The summed E-state index contributed by atoms with van der Waals surface area (Å²) in [6, 6.07) is 8.88. The Morgan fingerprint density at radius 3 is 2.75 bits per heavy atom. The summed E-state index contributed by atoms with van der Waals surface area (Å²) in [5, 5.41) is 14.8. The van der Waals surface area contributed by atoms with E-state index in [1.165, 1.54) is 11.1 Å². The van der Waals surface area contributed by atoms with E-state index in [4.69, 9.17) is 5.53 Å². The topological polar surface area (TPSA) is 95.1 Å². The van der Waals surface area contributed by atoms with Gasteiger partial charge in [0.25, 0.3) is 0 Å². The van der Waals surface area contributed by atoms with Crippen molar-refractivity contribution >= 4 is 5.69 Å². The van der Waals surface area contributed by atoms with Gasteiger partial charge in [0.2, 0.25) is 6.20 Å². The molecule has 7 nitrogen and oxygen atoms in total. The second-order valence-corrected chi connectivity index (χ2v) is 2.77. The summed E-state index contributed by atoms with van der Waals surface area (Å²) in [6.45, 7) is 0.148. The van der Waals surface area contributed by atoms with Gasteiger partial charge in [0.15, 0.2) is 0 Å². The van der Waals surface area contributed by atoms with Gasteiger partial charge in [-0.3, -0.25) is 10.1 Å². The maximum absolute atomic E-state index is 10.1. The molecule has 7 heteroatoms. The Hall–Kier alpha value is -2.53. The van der Waals surface area contributed by atoms with Crippen LogP contribution in [-0.2, 0) is 0 Å². The van der Waals surface area contributed by atoms with Gasteiger partial charge in [-0.25, -0.2) is 5.01 Å². The van der Waals surface area contributed by atoms with Crippen molar-refractivity contribution in [2.24, 2.45) is 5.22 Å². The van der Waals surface area contributed by atoms with E-state index < -0.39 is 4.92 Å². The van der Waals surface area contributed by atoms with E-state index in [-0.39, 0.29) is 6.54 Å². The number of nitrogens with zero attached hydrogens (tertiary/aromatic N) is 5. The molecule has 0 N–H and O–H groups in total. The van der Waals surface area contributed by atoms with Crippen LogP contribution in [-0.4, -0.2) is 11.5 Å². The number of benzene rings is 1. The summed E-state index contributed by atoms with van der Waals surface area (Å²) in [7, 11) is 0. The largest absolute Gasteiger partial charge is 0.259 e. The molecule has 82 valence electrons. The van der Waals surface area contributed by atoms with Crippen molar-refractivity contribution in [1.29, 1.82) is 0 Å². The molecule has 0 aliphatic rings. The molecule has 1 aromatic carbocycles. The van der Waals surface area contributed by atoms with Crippen LogP contribution in [0.2, 0.25) is 0 Å². The fraction of sp³-hybridized carbons (Fsp3) is 0.111. The minimum absolute atomic E-state index is 0.148. The van der Waals surface area contributed by atoms with E-state index in [1.54, 1.807) is 24.3 Å². The Morgan fingerprint density at radius 1 is 1.50 bits per heavy atom. The van der Waals surface area contributed by atoms with Crippen LogP contribution in [0.5, 0.6) is 0 Å². The smallest absolute Gasteiger partial charge is 0.234 e. The van der Waals surface area contributed by atoms with Crippen LogP contribution in [0.3, 0.4) is 0 Å². The highest BCUT2D eigenvalue weighted by atomic mass is 16.6. The van der Waals surface area contributed by atoms with Crippen molar-refractivity contribution in [2.75, 3.05) is 11.6 Å². The van der Waals surface area contributed by atoms with Crippen molar-refractivity contribution in [3.63, 3.8) is 0 Å². The SMILES string of the molecule is [N-]=[N+]=NN(CC=C[N+](=O)[O-])c1ccccc1. The Kier molecular flexibility index (Phi) is 4.36. The number of azide groups is 1. The second kappa shape index (κ2) is 6.05. The normalized spacial score (nSPS) is 9.75. The third-order valence-corrected chi connectivity index (χ3v) is 1.71. The zero-order valence-electron chi connectivity index (χ0n) is 8.30. The minimum Gasteiger partial charge on any atom is -0.259 e. The zero-order valence-corrected chi connectivity index (χ0v) is 8.30. The van der Waals surface area contributed by atoms with Crippen LogP contribution in [0.4, 0.5) is 5.69 Å². The van der Waals surface area contributed by atoms with Gasteiger partial charge < -0.3 is 0 Å². The Balaban J connectivity index is 2.76. The summed E-state index contributed by atoms with van der Waals surface area (Å²) >= 11 is 0. The third-order valence-electron chi connectivity index (χ3n) is 1.71. The monoisotopic (exact) mass is 219 g/mol. The van der Waals surface area contributed by atoms with E-state index in [0.29, 0.717) is 5.69 Å². The van der Waals surface area contributed by atoms with E-state index >= 15 is 0 Å². The number of para-hydroxylation sites is 1. The van der Waals surface area contributed by atoms with Gasteiger partial charge in [-0.2, -0.15) is 4.91 Å². The summed E-state index contributed by atoms with van der Waals surface area (Å²) in [5.41, 5.74) is 9.04. The highest BCUT2D eigenvalue weighted by molar-refractivity contribution is 5.45. The maximum Gasteiger partial charge on any atom is 0.234 e. The lowest BCUT2D eigenvalue weighted by Crippen LogP contribution is -2.14. The molecule has 0 saturated heterocycles. The molecule has 0 amide bonds. The zero-order chi connectivity index (χ0) is 11.8. The number of nitro groups is 1. The van der Waals surface area contributed by atoms with Crippen LogP contribution >= 0.6 is 0 Å². The lowest BCUT2D eigenvalue weighted by molar-refractivity contribution is -0.402. The number of hydrogen-bond donors (Lipinski definition) is 0. The highest BCUT2D eigenvalue weighted by Gasteiger charge is 2.05. The second-order valence-electron chi connectivity index (χ2n) is 2.77. The quantitative estimate of drug-likeness (QED) is 0.250. The first-order valence-corrected chi connectivity index (χ1v) is 4.42. The Labute approximate surface area is 91.4 Å².